The number of nitrogens with one attached hydrogen (secondary N) is 1. The largest absolute Gasteiger partial charge is 0.464 e. The van der Waals surface area contributed by atoms with E-state index in [1.54, 1.807) is 7.05 Å². The molecular weight excluding hydrogens is 372 g/mol. The van der Waals surface area contributed by atoms with E-state index >= 15 is 0 Å². The average molecular weight is 386 g/mol. The number of hydrogen-bond acceptors (Lipinski definition) is 9. The van der Waals surface area contributed by atoms with E-state index < -0.39 is 34.1 Å². The molecule has 1 N–H and O–H groups in total. The summed E-state index contributed by atoms with van der Waals surface area (Å²) in [6.45, 7) is 0. The number of thioether (sulfide) groups is 1. The fourth-order valence-corrected chi connectivity index (χ4v) is 5.32. The third-order valence-electron chi connectivity index (χ3n) is 3.79. The van der Waals surface area contributed by atoms with Gasteiger partial charge in [0.25, 0.3) is 5.91 Å². The molecule has 2 unspecified atom stereocenters. The number of methoxy groups -OCH3 is 1. The summed E-state index contributed by atoms with van der Waals surface area (Å²) in [6, 6.07) is -0.893. The normalized spacial score (nSPS) is 25.3. The second-order valence-electron chi connectivity index (χ2n) is 5.20. The lowest BCUT2D eigenvalue weighted by molar-refractivity contribution is -0.151. The number of carbonyl (C=O) groups excluding carboxylic acids is 3. The van der Waals surface area contributed by atoms with Crippen LogP contribution in [0.15, 0.2) is 16.4 Å². The van der Waals surface area contributed by atoms with Crippen LogP contribution in [-0.2, 0) is 37.0 Å². The Bertz CT molecular complexity index is 793. The summed E-state index contributed by atoms with van der Waals surface area (Å²) in [5, 5.41) is 13.1. The van der Waals surface area contributed by atoms with Gasteiger partial charge in [0.1, 0.15) is 17.1 Å². The van der Waals surface area contributed by atoms with Gasteiger partial charge in [0.2, 0.25) is 11.6 Å². The molecule has 0 aromatic carbocycles. The van der Waals surface area contributed by atoms with Crippen molar-refractivity contribution in [3.63, 3.8) is 0 Å². The first-order valence-electron chi connectivity index (χ1n) is 7.05. The van der Waals surface area contributed by atoms with Crippen LogP contribution >= 0.6 is 11.8 Å². The molecule has 1 aromatic rings. The number of nitrogens with zero attached hydrogens (tertiary/aromatic N) is 5. The first-order valence-corrected chi connectivity index (χ1v) is 9.41. The van der Waals surface area contributed by atoms with Crippen molar-refractivity contribution in [2.75, 3.05) is 18.6 Å². The summed E-state index contributed by atoms with van der Waals surface area (Å²) in [4.78, 5) is 36.3. The van der Waals surface area contributed by atoms with Crippen molar-refractivity contribution >= 4 is 40.8 Å². The van der Waals surface area contributed by atoms with Gasteiger partial charge in [-0.25, -0.2) is 9.48 Å². The monoisotopic (exact) mass is 386 g/mol. The molecule has 2 aliphatic rings. The first kappa shape index (κ1) is 17.5. The Morgan fingerprint density at radius 2 is 2.32 bits per heavy atom. The molecule has 0 aliphatic carbocycles. The smallest absolute Gasteiger partial charge is 0.354 e. The zero-order valence-electron chi connectivity index (χ0n) is 13.2. The predicted octanol–water partition coefficient (Wildman–Crippen LogP) is -2.23. The fraction of sp³-hybridized carbons (Fsp3) is 0.500. The Morgan fingerprint density at radius 1 is 1.56 bits per heavy atom. The van der Waals surface area contributed by atoms with Gasteiger partial charge in [0, 0.05) is 12.8 Å². The maximum absolute atomic E-state index is 12.5. The topological polar surface area (TPSA) is 136 Å². The molecule has 25 heavy (non-hydrogen) atoms. The number of carbonyl (C=O) groups is 3. The molecule has 0 bridgehead atoms. The predicted molar refractivity (Wildman–Crippen MR) is 85.2 cm³/mol. The van der Waals surface area contributed by atoms with Crippen LogP contribution in [0.1, 0.15) is 0 Å². The van der Waals surface area contributed by atoms with Gasteiger partial charge in [0.15, 0.2) is 0 Å². The van der Waals surface area contributed by atoms with E-state index in [0.29, 0.717) is 17.1 Å². The SMILES string of the molecule is COC(=O)C1=C(CSc2nnnn2C)CS(=O)[C@H]2C(NC=O)C(=O)N12. The van der Waals surface area contributed by atoms with Crippen molar-refractivity contribution in [1.82, 2.24) is 30.4 Å². The summed E-state index contributed by atoms with van der Waals surface area (Å²) in [6.07, 6.45) is 0.380. The Kier molecular flexibility index (Phi) is 4.85. The molecule has 13 heteroatoms. The molecule has 3 atom stereocenters. The van der Waals surface area contributed by atoms with Gasteiger partial charge in [-0.1, -0.05) is 11.8 Å². The van der Waals surface area contributed by atoms with Gasteiger partial charge >= 0.3 is 5.97 Å². The average Bonchev–Trinajstić information content (AvgIpc) is 3.01. The molecular formula is C12H14N6O5S2. The summed E-state index contributed by atoms with van der Waals surface area (Å²) in [7, 11) is 1.42. The number of rotatable bonds is 6. The van der Waals surface area contributed by atoms with Crippen molar-refractivity contribution in [3.8, 4) is 0 Å². The zero-order valence-corrected chi connectivity index (χ0v) is 14.9. The minimum Gasteiger partial charge on any atom is -0.464 e. The summed E-state index contributed by atoms with van der Waals surface area (Å²) in [5.41, 5.74) is 0.580. The van der Waals surface area contributed by atoms with Gasteiger partial charge in [0.05, 0.1) is 23.7 Å². The Morgan fingerprint density at radius 3 is 2.92 bits per heavy atom. The van der Waals surface area contributed by atoms with E-state index in [4.69, 9.17) is 4.74 Å². The van der Waals surface area contributed by atoms with Crippen LogP contribution in [0.25, 0.3) is 0 Å². The Hall–Kier alpha value is -2.28. The molecule has 3 heterocycles. The van der Waals surface area contributed by atoms with Crippen LogP contribution in [0.4, 0.5) is 0 Å². The molecule has 0 spiro atoms. The lowest BCUT2D eigenvalue weighted by Crippen LogP contribution is -2.72. The number of aryl methyl sites for hydroxylation is 1. The summed E-state index contributed by atoms with van der Waals surface area (Å²) < 4.78 is 18.7. The number of amides is 2. The summed E-state index contributed by atoms with van der Waals surface area (Å²) in [5.74, 6) is -0.819. The number of β-lactam (4-membered cyclic amide) rings is 1. The van der Waals surface area contributed by atoms with E-state index in [0.717, 1.165) is 4.90 Å². The molecule has 3 rings (SSSR count). The molecule has 0 saturated carbocycles. The van der Waals surface area contributed by atoms with Gasteiger partial charge < -0.3 is 10.1 Å². The van der Waals surface area contributed by atoms with E-state index in [2.05, 4.69) is 20.8 Å². The third kappa shape index (κ3) is 2.93. The molecule has 11 nitrogen and oxygen atoms in total. The second kappa shape index (κ2) is 6.92. The number of esters is 1. The number of fused-ring (bicyclic) bond motifs is 1. The van der Waals surface area contributed by atoms with Crippen LogP contribution in [0.5, 0.6) is 0 Å². The van der Waals surface area contributed by atoms with Crippen LogP contribution in [0.3, 0.4) is 0 Å². The number of ether oxygens (including phenoxy) is 1. The van der Waals surface area contributed by atoms with Gasteiger partial charge in [-0.2, -0.15) is 0 Å². The fourth-order valence-electron chi connectivity index (χ4n) is 2.64. The number of tetrazole rings is 1. The molecule has 1 aromatic heterocycles. The number of aromatic nitrogens is 4. The Balaban J connectivity index is 1.90. The minimum absolute atomic E-state index is 0.0728. The zero-order chi connectivity index (χ0) is 18.1. The molecule has 2 aliphatic heterocycles. The highest BCUT2D eigenvalue weighted by atomic mass is 32.2. The highest BCUT2D eigenvalue weighted by Crippen LogP contribution is 2.36. The third-order valence-corrected chi connectivity index (χ3v) is 6.54. The van der Waals surface area contributed by atoms with E-state index in [1.165, 1.54) is 23.6 Å². The minimum atomic E-state index is -1.46. The van der Waals surface area contributed by atoms with E-state index in [9.17, 15) is 18.6 Å². The van der Waals surface area contributed by atoms with Crippen LogP contribution in [0.2, 0.25) is 0 Å². The molecule has 0 radical (unpaired) electrons. The van der Waals surface area contributed by atoms with Crippen LogP contribution < -0.4 is 5.32 Å². The molecule has 1 fully saturated rings. The van der Waals surface area contributed by atoms with Gasteiger partial charge in [-0.15, -0.1) is 5.10 Å². The Labute approximate surface area is 148 Å². The molecule has 134 valence electrons. The summed E-state index contributed by atoms with van der Waals surface area (Å²) >= 11 is 1.25. The standard InChI is InChI=1S/C12H14N6O5S2/c1-17-12(14-15-16-17)24-3-6-4-25(22)10-7(13-5-19)9(20)18(10)8(6)11(21)23-2/h5,7,10H,3-4H2,1-2H3,(H,13,19)/t7?,10-,25?/m0/s1. The lowest BCUT2D eigenvalue weighted by Gasteiger charge is -2.48. The van der Waals surface area contributed by atoms with Gasteiger partial charge in [-0.05, 0) is 16.0 Å². The highest BCUT2D eigenvalue weighted by molar-refractivity contribution is 7.99. The maximum Gasteiger partial charge on any atom is 0.354 e. The highest BCUT2D eigenvalue weighted by Gasteiger charge is 2.56. The van der Waals surface area contributed by atoms with Crippen LogP contribution in [-0.4, -0.2) is 77.6 Å². The van der Waals surface area contributed by atoms with Gasteiger partial charge in [-0.3, -0.25) is 18.7 Å². The second-order valence-corrected chi connectivity index (χ2v) is 7.68. The number of hydrogen-bond donors (Lipinski definition) is 1. The van der Waals surface area contributed by atoms with Crippen molar-refractivity contribution in [1.29, 1.82) is 0 Å². The molecule has 1 saturated heterocycles. The van der Waals surface area contributed by atoms with E-state index in [1.807, 2.05) is 0 Å². The van der Waals surface area contributed by atoms with Crippen molar-refractivity contribution in [2.24, 2.45) is 7.05 Å². The quantitative estimate of drug-likeness (QED) is 0.249. The van der Waals surface area contributed by atoms with Crippen molar-refractivity contribution < 1.29 is 23.3 Å². The van der Waals surface area contributed by atoms with Crippen LogP contribution in [0, 0.1) is 0 Å². The maximum atomic E-state index is 12.5. The van der Waals surface area contributed by atoms with E-state index in [-0.39, 0.29) is 17.2 Å². The lowest BCUT2D eigenvalue weighted by atomic mass is 10.0. The molecule has 2 amide bonds. The van der Waals surface area contributed by atoms with Crippen molar-refractivity contribution in [2.45, 2.75) is 16.6 Å². The van der Waals surface area contributed by atoms with Crippen molar-refractivity contribution in [3.05, 3.63) is 11.3 Å². The first-order chi connectivity index (χ1) is 12.0.